The lowest BCUT2D eigenvalue weighted by molar-refractivity contribution is -0.116. The van der Waals surface area contributed by atoms with Crippen molar-refractivity contribution in [2.75, 3.05) is 11.1 Å². The monoisotopic (exact) mass is 390 g/mol. The maximum atomic E-state index is 12.4. The highest BCUT2D eigenvalue weighted by molar-refractivity contribution is 5.91. The number of hydrogen-bond acceptors (Lipinski definition) is 8. The number of aromatic nitrogens is 6. The normalized spacial score (nSPS) is 10.8. The van der Waals surface area contributed by atoms with Crippen LogP contribution >= 0.6 is 0 Å². The van der Waals surface area contributed by atoms with Gasteiger partial charge in [-0.25, -0.2) is 4.68 Å². The topological polar surface area (TPSA) is 138 Å². The van der Waals surface area contributed by atoms with Crippen molar-refractivity contribution < 1.29 is 9.32 Å². The number of carbonyl (C=O) groups excluding carboxylic acids is 1. The largest absolute Gasteiger partial charge is 0.382 e. The van der Waals surface area contributed by atoms with Gasteiger partial charge in [0.25, 0.3) is 5.89 Å². The number of nitrogens with zero attached hydrogens (tertiary/aromatic N) is 6. The quantitative estimate of drug-likeness (QED) is 0.529. The molecule has 4 aromatic rings. The second-order valence-electron chi connectivity index (χ2n) is 6.56. The summed E-state index contributed by atoms with van der Waals surface area (Å²) in [6.07, 6.45) is 3.26. The van der Waals surface area contributed by atoms with Crippen LogP contribution < -0.4 is 11.1 Å². The van der Waals surface area contributed by atoms with Gasteiger partial charge < -0.3 is 15.6 Å². The fraction of sp³-hybridized carbons (Fsp3) is 0.158. The maximum Gasteiger partial charge on any atom is 0.282 e. The summed E-state index contributed by atoms with van der Waals surface area (Å²) in [5, 5.41) is 14.7. The highest BCUT2D eigenvalue weighted by Gasteiger charge is 2.20. The molecule has 29 heavy (non-hydrogen) atoms. The molecule has 0 aliphatic carbocycles. The molecule has 1 aromatic carbocycles. The van der Waals surface area contributed by atoms with E-state index in [1.54, 1.807) is 24.5 Å². The van der Waals surface area contributed by atoms with E-state index in [2.05, 4.69) is 30.8 Å². The number of nitrogens with two attached hydrogens (primary N) is 1. The molecule has 0 saturated heterocycles. The lowest BCUT2D eigenvalue weighted by Crippen LogP contribution is -2.20. The molecule has 0 atom stereocenters. The number of amides is 1. The van der Waals surface area contributed by atoms with Crippen molar-refractivity contribution in [1.82, 2.24) is 30.1 Å². The molecule has 0 bridgehead atoms. The number of benzene rings is 1. The van der Waals surface area contributed by atoms with Gasteiger partial charge in [-0.2, -0.15) is 4.98 Å². The second kappa shape index (κ2) is 7.50. The van der Waals surface area contributed by atoms with Crippen molar-refractivity contribution in [3.8, 4) is 23.0 Å². The zero-order chi connectivity index (χ0) is 20.4. The molecule has 3 heterocycles. The Morgan fingerprint density at radius 1 is 1.17 bits per heavy atom. The third kappa shape index (κ3) is 3.95. The van der Waals surface area contributed by atoms with Crippen LogP contribution in [-0.2, 0) is 11.3 Å². The van der Waals surface area contributed by atoms with E-state index in [0.717, 1.165) is 16.7 Å². The molecule has 3 aromatic heterocycles. The highest BCUT2D eigenvalue weighted by Crippen LogP contribution is 2.24. The van der Waals surface area contributed by atoms with Gasteiger partial charge in [0.15, 0.2) is 11.5 Å². The molecular weight excluding hydrogens is 372 g/mol. The molecule has 10 nitrogen and oxygen atoms in total. The SMILES string of the molecule is Cc1cc(C)cc(NC(=O)Cn2nnc(-c3nc(-c4ccncc4)no3)c2N)c1. The molecule has 0 aliphatic rings. The number of nitrogen functional groups attached to an aromatic ring is 1. The van der Waals surface area contributed by atoms with Crippen LogP contribution in [0.1, 0.15) is 11.1 Å². The molecule has 10 heteroatoms. The van der Waals surface area contributed by atoms with Crippen LogP contribution in [0.4, 0.5) is 11.5 Å². The minimum absolute atomic E-state index is 0.100. The zero-order valence-corrected chi connectivity index (χ0v) is 15.8. The van der Waals surface area contributed by atoms with E-state index >= 15 is 0 Å². The van der Waals surface area contributed by atoms with Gasteiger partial charge in [0.05, 0.1) is 0 Å². The number of anilines is 2. The minimum Gasteiger partial charge on any atom is -0.382 e. The summed E-state index contributed by atoms with van der Waals surface area (Å²) in [6.45, 7) is 3.83. The Morgan fingerprint density at radius 3 is 2.62 bits per heavy atom. The minimum atomic E-state index is -0.277. The van der Waals surface area contributed by atoms with Crippen LogP contribution in [0.3, 0.4) is 0 Å². The predicted molar refractivity (Wildman–Crippen MR) is 106 cm³/mol. The van der Waals surface area contributed by atoms with Gasteiger partial charge >= 0.3 is 0 Å². The molecule has 0 radical (unpaired) electrons. The van der Waals surface area contributed by atoms with E-state index < -0.39 is 0 Å². The number of carbonyl (C=O) groups is 1. The fourth-order valence-electron chi connectivity index (χ4n) is 2.91. The first-order valence-electron chi connectivity index (χ1n) is 8.81. The highest BCUT2D eigenvalue weighted by atomic mass is 16.5. The van der Waals surface area contributed by atoms with Crippen LogP contribution in [-0.4, -0.2) is 36.0 Å². The Kier molecular flexibility index (Phi) is 4.73. The molecule has 0 unspecified atom stereocenters. The van der Waals surface area contributed by atoms with Gasteiger partial charge in [-0.3, -0.25) is 9.78 Å². The first-order valence-corrected chi connectivity index (χ1v) is 8.81. The number of hydrogen-bond donors (Lipinski definition) is 2. The van der Waals surface area contributed by atoms with Crippen molar-refractivity contribution >= 4 is 17.4 Å². The Hall–Kier alpha value is -4.08. The first kappa shape index (κ1) is 18.3. The number of nitrogens with one attached hydrogen (secondary N) is 1. The van der Waals surface area contributed by atoms with Crippen LogP contribution in [0.2, 0.25) is 0 Å². The van der Waals surface area contributed by atoms with E-state index in [1.165, 1.54) is 4.68 Å². The summed E-state index contributed by atoms with van der Waals surface area (Å²) >= 11 is 0. The molecule has 1 amide bonds. The Balaban J connectivity index is 1.50. The second-order valence-corrected chi connectivity index (χ2v) is 6.56. The summed E-state index contributed by atoms with van der Waals surface area (Å²) < 4.78 is 6.53. The van der Waals surface area contributed by atoms with E-state index in [4.69, 9.17) is 10.3 Å². The van der Waals surface area contributed by atoms with Crippen LogP contribution in [0.25, 0.3) is 23.0 Å². The summed E-state index contributed by atoms with van der Waals surface area (Å²) in [6, 6.07) is 9.32. The summed E-state index contributed by atoms with van der Waals surface area (Å²) in [4.78, 5) is 20.6. The average molecular weight is 390 g/mol. The average Bonchev–Trinajstić information content (AvgIpc) is 3.29. The molecule has 4 rings (SSSR count). The molecule has 3 N–H and O–H groups in total. The van der Waals surface area contributed by atoms with Gasteiger partial charge in [-0.1, -0.05) is 16.4 Å². The van der Waals surface area contributed by atoms with Crippen LogP contribution in [0.15, 0.2) is 47.2 Å². The van der Waals surface area contributed by atoms with E-state index in [1.807, 2.05) is 32.0 Å². The summed E-state index contributed by atoms with van der Waals surface area (Å²) in [5.74, 6) is 0.380. The van der Waals surface area contributed by atoms with Gasteiger partial charge in [0.2, 0.25) is 11.7 Å². The van der Waals surface area contributed by atoms with E-state index in [9.17, 15) is 4.79 Å². The van der Waals surface area contributed by atoms with Crippen molar-refractivity contribution in [3.63, 3.8) is 0 Å². The first-order chi connectivity index (χ1) is 14.0. The number of pyridine rings is 1. The van der Waals surface area contributed by atoms with Gasteiger partial charge in [-0.05, 0) is 49.2 Å². The van der Waals surface area contributed by atoms with Gasteiger partial charge in [0, 0.05) is 23.6 Å². The van der Waals surface area contributed by atoms with Gasteiger partial charge in [-0.15, -0.1) is 5.10 Å². The molecule has 0 fully saturated rings. The van der Waals surface area contributed by atoms with E-state index in [0.29, 0.717) is 11.5 Å². The zero-order valence-electron chi connectivity index (χ0n) is 15.8. The predicted octanol–water partition coefficient (Wildman–Crippen LogP) is 2.23. The Morgan fingerprint density at radius 2 is 1.90 bits per heavy atom. The molecule has 0 saturated carbocycles. The van der Waals surface area contributed by atoms with E-state index in [-0.39, 0.29) is 29.9 Å². The lowest BCUT2D eigenvalue weighted by atomic mass is 10.1. The van der Waals surface area contributed by atoms with Crippen molar-refractivity contribution in [2.45, 2.75) is 20.4 Å². The third-order valence-electron chi connectivity index (χ3n) is 4.14. The Bertz CT molecular complexity index is 1150. The molecule has 0 spiro atoms. The maximum absolute atomic E-state index is 12.4. The molecule has 146 valence electrons. The smallest absolute Gasteiger partial charge is 0.282 e. The summed E-state index contributed by atoms with van der Waals surface area (Å²) in [7, 11) is 0. The third-order valence-corrected chi connectivity index (χ3v) is 4.14. The van der Waals surface area contributed by atoms with Crippen molar-refractivity contribution in [3.05, 3.63) is 53.9 Å². The lowest BCUT2D eigenvalue weighted by Gasteiger charge is -2.08. The number of aryl methyl sites for hydroxylation is 2. The molecule has 0 aliphatic heterocycles. The summed E-state index contributed by atoms with van der Waals surface area (Å²) in [5.41, 5.74) is 9.89. The van der Waals surface area contributed by atoms with Gasteiger partial charge in [0.1, 0.15) is 6.54 Å². The fourth-order valence-corrected chi connectivity index (χ4v) is 2.91. The standard InChI is InChI=1S/C19H18N8O2/c1-11-7-12(2)9-14(8-11)22-15(28)10-27-17(20)16(24-26-27)19-23-18(25-29-19)13-3-5-21-6-4-13/h3-9H,10,20H2,1-2H3,(H,22,28). The van der Waals surface area contributed by atoms with Crippen molar-refractivity contribution in [2.24, 2.45) is 0 Å². The molecular formula is C19H18N8O2. The van der Waals surface area contributed by atoms with Crippen molar-refractivity contribution in [1.29, 1.82) is 0 Å². The number of rotatable bonds is 5. The Labute approximate surface area is 165 Å². The van der Waals surface area contributed by atoms with Crippen LogP contribution in [0, 0.1) is 13.8 Å². The van der Waals surface area contributed by atoms with Crippen LogP contribution in [0.5, 0.6) is 0 Å².